The number of aromatic nitrogens is 1. The van der Waals surface area contributed by atoms with Crippen molar-refractivity contribution in [2.75, 3.05) is 31.2 Å². The third kappa shape index (κ3) is 5.45. The van der Waals surface area contributed by atoms with Crippen LogP contribution in [0.25, 0.3) is 21.3 Å². The number of halogens is 2. The molecular formula is C21H20F2N4O4S2. The fourth-order valence-corrected chi connectivity index (χ4v) is 4.90. The van der Waals surface area contributed by atoms with Gasteiger partial charge in [-0.05, 0) is 35.4 Å². The number of thiazole rings is 1. The van der Waals surface area contributed by atoms with E-state index in [1.54, 1.807) is 18.2 Å². The second kappa shape index (κ2) is 8.67. The lowest BCUT2D eigenvalue weighted by Crippen LogP contribution is -2.58. The van der Waals surface area contributed by atoms with E-state index in [2.05, 4.69) is 15.6 Å². The van der Waals surface area contributed by atoms with Gasteiger partial charge in [-0.2, -0.15) is 0 Å². The number of hydrogen-bond acceptors (Lipinski definition) is 6. The monoisotopic (exact) mass is 494 g/mol. The van der Waals surface area contributed by atoms with Crippen molar-refractivity contribution < 1.29 is 26.8 Å². The van der Waals surface area contributed by atoms with E-state index < -0.39 is 40.8 Å². The predicted octanol–water partition coefficient (Wildman–Crippen LogP) is 3.36. The van der Waals surface area contributed by atoms with Crippen molar-refractivity contribution in [1.82, 2.24) is 15.2 Å². The Hall–Kier alpha value is -3.12. The van der Waals surface area contributed by atoms with Gasteiger partial charge in [0.1, 0.15) is 0 Å². The molecule has 0 spiro atoms. The number of carbonyl (C=O) groups excluding carboxylic acids is 2. The largest absolute Gasteiger partial charge is 0.337 e. The zero-order chi connectivity index (χ0) is 23.8. The first-order valence-electron chi connectivity index (χ1n) is 9.92. The highest BCUT2D eigenvalue weighted by Crippen LogP contribution is 2.31. The van der Waals surface area contributed by atoms with Crippen molar-refractivity contribution in [1.29, 1.82) is 0 Å². The second-order valence-electron chi connectivity index (χ2n) is 7.74. The Labute approximate surface area is 192 Å². The molecule has 0 saturated carbocycles. The van der Waals surface area contributed by atoms with Crippen LogP contribution in [0, 0.1) is 0 Å². The molecule has 4 rings (SSSR count). The van der Waals surface area contributed by atoms with Gasteiger partial charge in [0.2, 0.25) is 5.91 Å². The van der Waals surface area contributed by atoms with Gasteiger partial charge in [-0.15, -0.1) is 0 Å². The van der Waals surface area contributed by atoms with Gasteiger partial charge < -0.3 is 10.2 Å². The molecular weight excluding hydrogens is 474 g/mol. The molecule has 0 aliphatic carbocycles. The van der Waals surface area contributed by atoms with Crippen LogP contribution in [-0.4, -0.2) is 62.1 Å². The number of alkyl halides is 2. The third-order valence-corrected chi connectivity index (χ3v) is 7.07. The van der Waals surface area contributed by atoms with Crippen LogP contribution in [0.5, 0.6) is 0 Å². The smallest absolute Gasteiger partial charge is 0.321 e. The summed E-state index contributed by atoms with van der Waals surface area (Å²) in [7, 11) is -3.33. The average Bonchev–Trinajstić information content (AvgIpc) is 3.12. The number of nitrogens with one attached hydrogen (secondary N) is 2. The first-order valence-corrected chi connectivity index (χ1v) is 12.6. The number of urea groups is 1. The molecule has 2 N–H and O–H groups in total. The summed E-state index contributed by atoms with van der Waals surface area (Å²) >= 11 is 1.24. The van der Waals surface area contributed by atoms with E-state index in [4.69, 9.17) is 0 Å². The van der Waals surface area contributed by atoms with Crippen LogP contribution < -0.4 is 10.6 Å². The summed E-state index contributed by atoms with van der Waals surface area (Å²) in [5.41, 5.74) is 2.21. The zero-order valence-corrected chi connectivity index (χ0v) is 19.1. The third-order valence-electron chi connectivity index (χ3n) is 5.03. The Kier molecular flexibility index (Phi) is 6.06. The molecule has 1 fully saturated rings. The Balaban J connectivity index is 1.37. The number of benzene rings is 2. The van der Waals surface area contributed by atoms with E-state index in [1.807, 2.05) is 18.2 Å². The van der Waals surface area contributed by atoms with Crippen molar-refractivity contribution in [2.45, 2.75) is 17.2 Å². The molecule has 1 aliphatic heterocycles. The summed E-state index contributed by atoms with van der Waals surface area (Å²) in [6, 6.07) is 11.5. The van der Waals surface area contributed by atoms with Gasteiger partial charge in [0.25, 0.3) is 5.92 Å². The number of carbonyl (C=O) groups is 2. The van der Waals surface area contributed by atoms with Gasteiger partial charge >= 0.3 is 6.03 Å². The Morgan fingerprint density at radius 1 is 1.15 bits per heavy atom. The highest BCUT2D eigenvalue weighted by Gasteiger charge is 2.45. The predicted molar refractivity (Wildman–Crippen MR) is 121 cm³/mol. The molecule has 1 aliphatic rings. The molecule has 2 heterocycles. The maximum absolute atomic E-state index is 12.8. The summed E-state index contributed by atoms with van der Waals surface area (Å²) in [5.74, 6) is -3.25. The minimum Gasteiger partial charge on any atom is -0.337 e. The number of nitrogens with zero attached hydrogens (tertiary/aromatic N) is 2. The molecule has 3 aromatic rings. The van der Waals surface area contributed by atoms with Crippen LogP contribution in [0.4, 0.5) is 18.7 Å². The van der Waals surface area contributed by atoms with E-state index in [0.29, 0.717) is 10.6 Å². The quantitative estimate of drug-likeness (QED) is 0.546. The lowest BCUT2D eigenvalue weighted by atomic mass is 10.1. The maximum Gasteiger partial charge on any atom is 0.321 e. The Bertz CT molecular complexity index is 1330. The molecule has 0 unspecified atom stereocenters. The Morgan fingerprint density at radius 3 is 2.58 bits per heavy atom. The maximum atomic E-state index is 12.8. The SMILES string of the molecule is CS(=O)(=O)c1cccc(-c2ccc3nc(NC(=O)NCCC(=O)N4CC(F)(F)C4)sc3c2)c1. The number of likely N-dealkylation sites (tertiary alicyclic amines) is 1. The summed E-state index contributed by atoms with van der Waals surface area (Å²) in [6.45, 7) is -1.15. The molecule has 3 amide bonds. The molecule has 1 aromatic heterocycles. The molecule has 0 bridgehead atoms. The minimum absolute atomic E-state index is 0.0124. The van der Waals surface area contributed by atoms with Crippen molar-refractivity contribution in [3.05, 3.63) is 42.5 Å². The second-order valence-corrected chi connectivity index (χ2v) is 10.8. The molecule has 12 heteroatoms. The van der Waals surface area contributed by atoms with E-state index >= 15 is 0 Å². The molecule has 8 nitrogen and oxygen atoms in total. The molecule has 33 heavy (non-hydrogen) atoms. The van der Waals surface area contributed by atoms with Crippen molar-refractivity contribution in [3.8, 4) is 11.1 Å². The summed E-state index contributed by atoms with van der Waals surface area (Å²) in [5, 5.41) is 5.45. The molecule has 174 valence electrons. The van der Waals surface area contributed by atoms with Crippen LogP contribution in [0.3, 0.4) is 0 Å². The van der Waals surface area contributed by atoms with E-state index in [9.17, 15) is 26.8 Å². The topological polar surface area (TPSA) is 108 Å². The van der Waals surface area contributed by atoms with Gasteiger partial charge in [-0.3, -0.25) is 10.1 Å². The zero-order valence-electron chi connectivity index (χ0n) is 17.5. The fourth-order valence-electron chi connectivity index (χ4n) is 3.33. The number of sulfone groups is 1. The van der Waals surface area contributed by atoms with Crippen LogP contribution in [-0.2, 0) is 14.6 Å². The normalized spacial score (nSPS) is 15.2. The highest BCUT2D eigenvalue weighted by molar-refractivity contribution is 7.90. The van der Waals surface area contributed by atoms with Crippen molar-refractivity contribution in [2.24, 2.45) is 0 Å². The first-order chi connectivity index (χ1) is 15.5. The molecule has 1 saturated heterocycles. The number of amides is 3. The number of hydrogen-bond donors (Lipinski definition) is 2. The van der Waals surface area contributed by atoms with E-state index in [-0.39, 0.29) is 17.9 Å². The molecule has 0 atom stereocenters. The summed E-state index contributed by atoms with van der Waals surface area (Å²) < 4.78 is 50.1. The molecule has 0 radical (unpaired) electrons. The highest BCUT2D eigenvalue weighted by atomic mass is 32.2. The lowest BCUT2D eigenvalue weighted by Gasteiger charge is -2.38. The Morgan fingerprint density at radius 2 is 1.88 bits per heavy atom. The fraction of sp³-hybridized carbons (Fsp3) is 0.286. The average molecular weight is 495 g/mol. The number of anilines is 1. The number of fused-ring (bicyclic) bond motifs is 1. The summed E-state index contributed by atoms with van der Waals surface area (Å²) in [6.07, 6.45) is 1.08. The van der Waals surface area contributed by atoms with Crippen LogP contribution in [0.2, 0.25) is 0 Å². The van der Waals surface area contributed by atoms with Crippen LogP contribution in [0.15, 0.2) is 47.4 Å². The lowest BCUT2D eigenvalue weighted by molar-refractivity contribution is -0.165. The van der Waals surface area contributed by atoms with Gasteiger partial charge in [-0.1, -0.05) is 29.5 Å². The number of rotatable bonds is 6. The van der Waals surface area contributed by atoms with Crippen LogP contribution in [0.1, 0.15) is 6.42 Å². The van der Waals surface area contributed by atoms with E-state index in [0.717, 1.165) is 27.0 Å². The first kappa shape index (κ1) is 23.1. The van der Waals surface area contributed by atoms with Gasteiger partial charge in [0.05, 0.1) is 28.2 Å². The van der Waals surface area contributed by atoms with E-state index in [1.165, 1.54) is 17.4 Å². The minimum atomic E-state index is -3.33. The van der Waals surface area contributed by atoms with Crippen molar-refractivity contribution >= 4 is 48.5 Å². The van der Waals surface area contributed by atoms with Crippen LogP contribution >= 0.6 is 11.3 Å². The van der Waals surface area contributed by atoms with Gasteiger partial charge in [0, 0.05) is 19.2 Å². The van der Waals surface area contributed by atoms with Gasteiger partial charge in [0.15, 0.2) is 15.0 Å². The van der Waals surface area contributed by atoms with Gasteiger partial charge in [-0.25, -0.2) is 27.0 Å². The standard InChI is InChI=1S/C21H20F2N4O4S2/c1-33(30,31)15-4-2-3-13(9-15)14-5-6-16-17(10-14)32-20(25-16)26-19(29)24-8-7-18(28)27-11-21(22,23)12-27/h2-6,9-10H,7-8,11-12H2,1H3,(H2,24,25,26,29). The summed E-state index contributed by atoms with van der Waals surface area (Å²) in [4.78, 5) is 29.5. The van der Waals surface area contributed by atoms with Crippen molar-refractivity contribution in [3.63, 3.8) is 0 Å². The molecule has 2 aromatic carbocycles.